The number of anilines is 1. The predicted molar refractivity (Wildman–Crippen MR) is 121 cm³/mol. The van der Waals surface area contributed by atoms with Crippen LogP contribution in [0.25, 0.3) is 11.2 Å². The number of hydrogen-bond donors (Lipinski definition) is 5. The average molecular weight is 540 g/mol. The molecule has 14 nitrogen and oxygen atoms in total. The molecule has 0 saturated carbocycles. The number of hydrogen-bond acceptors (Lipinski definition) is 10. The molecule has 2 aromatic heterocycles. The maximum absolute atomic E-state index is 15.0. The first-order valence-corrected chi connectivity index (χ1v) is 10.9. The van der Waals surface area contributed by atoms with E-state index in [4.69, 9.17) is 31.9 Å². The van der Waals surface area contributed by atoms with Crippen LogP contribution in [0.5, 0.6) is 0 Å². The van der Waals surface area contributed by atoms with Crippen molar-refractivity contribution in [3.8, 4) is 0 Å². The summed E-state index contributed by atoms with van der Waals surface area (Å²) in [6, 6.07) is 4.83. The number of fused-ring (bicyclic) bond motifs is 1. The Labute approximate surface area is 211 Å². The van der Waals surface area contributed by atoms with Gasteiger partial charge >= 0.3 is 17.9 Å². The first kappa shape index (κ1) is 26.2. The number of nitrogen functional groups attached to an aromatic ring is 1. The van der Waals surface area contributed by atoms with Crippen molar-refractivity contribution in [3.05, 3.63) is 47.0 Å². The molecule has 1 fully saturated rings. The maximum atomic E-state index is 15.0. The molecule has 16 heteroatoms. The number of imidazole rings is 1. The molecule has 1 aliphatic heterocycles. The monoisotopic (exact) mass is 539 g/mol. The van der Waals surface area contributed by atoms with Gasteiger partial charge < -0.3 is 35.6 Å². The van der Waals surface area contributed by atoms with Crippen LogP contribution in [-0.4, -0.2) is 88.4 Å². The summed E-state index contributed by atoms with van der Waals surface area (Å²) in [5.74, 6) is -5.04. The number of aromatic nitrogens is 4. The lowest BCUT2D eigenvalue weighted by Gasteiger charge is -2.27. The summed E-state index contributed by atoms with van der Waals surface area (Å²) in [4.78, 5) is 46.8. The fourth-order valence-corrected chi connectivity index (χ4v) is 4.03. The van der Waals surface area contributed by atoms with Crippen molar-refractivity contribution >= 4 is 46.5 Å². The highest BCUT2D eigenvalue weighted by Crippen LogP contribution is 2.35. The van der Waals surface area contributed by atoms with Crippen LogP contribution in [0, 0.1) is 0 Å². The smallest absolute Gasteiger partial charge is 0.348 e. The second kappa shape index (κ2) is 9.85. The van der Waals surface area contributed by atoms with Crippen LogP contribution in [0.2, 0.25) is 5.28 Å². The lowest BCUT2D eigenvalue weighted by Crippen LogP contribution is -2.52. The van der Waals surface area contributed by atoms with Crippen LogP contribution in [0.3, 0.4) is 0 Å². The van der Waals surface area contributed by atoms with Gasteiger partial charge in [0.15, 0.2) is 23.9 Å². The van der Waals surface area contributed by atoms with Crippen molar-refractivity contribution < 1.29 is 48.7 Å². The van der Waals surface area contributed by atoms with Gasteiger partial charge in [-0.05, 0) is 29.3 Å². The SMILES string of the molecule is Nc1nc(Cl)nc2c1ncn2[C@@H]1O[C@H](COC(Cc2ccc(C(=O)O)cc2)(C(=O)O)C(=O)O)[C@@H](O)[C@@H]1F. The van der Waals surface area contributed by atoms with E-state index < -0.39 is 61.1 Å². The van der Waals surface area contributed by atoms with E-state index in [1.54, 1.807) is 0 Å². The summed E-state index contributed by atoms with van der Waals surface area (Å²) in [5, 5.41) is 38.6. The number of carboxylic acid groups (broad SMARTS) is 3. The van der Waals surface area contributed by atoms with Gasteiger partial charge in [0.05, 0.1) is 18.5 Å². The third kappa shape index (κ3) is 4.76. The van der Waals surface area contributed by atoms with Crippen LogP contribution < -0.4 is 5.73 Å². The Kier molecular flexibility index (Phi) is 6.96. The third-order valence-electron chi connectivity index (χ3n) is 5.83. The maximum Gasteiger partial charge on any atom is 0.348 e. The van der Waals surface area contributed by atoms with Gasteiger partial charge in [-0.25, -0.2) is 23.8 Å². The van der Waals surface area contributed by atoms with Gasteiger partial charge in [-0.3, -0.25) is 4.57 Å². The Bertz CT molecular complexity index is 1350. The number of rotatable bonds is 9. The number of nitrogens with two attached hydrogens (primary N) is 1. The molecule has 37 heavy (non-hydrogen) atoms. The number of benzene rings is 1. The van der Waals surface area contributed by atoms with Gasteiger partial charge in [0.1, 0.15) is 17.7 Å². The zero-order valence-electron chi connectivity index (χ0n) is 18.6. The number of aliphatic hydroxyl groups excluding tert-OH is 1. The number of alkyl halides is 1. The highest BCUT2D eigenvalue weighted by molar-refractivity contribution is 6.28. The van der Waals surface area contributed by atoms with E-state index in [1.807, 2.05) is 0 Å². The number of aliphatic hydroxyl groups is 1. The summed E-state index contributed by atoms with van der Waals surface area (Å²) in [5.41, 5.74) is 3.04. The summed E-state index contributed by atoms with van der Waals surface area (Å²) < 4.78 is 27.0. The molecule has 3 heterocycles. The molecule has 1 saturated heterocycles. The molecule has 0 radical (unpaired) electrons. The molecule has 0 bridgehead atoms. The number of carbonyl (C=O) groups is 3. The van der Waals surface area contributed by atoms with E-state index >= 15 is 4.39 Å². The molecule has 1 aliphatic rings. The molecule has 0 spiro atoms. The van der Waals surface area contributed by atoms with Crippen molar-refractivity contribution in [2.75, 3.05) is 12.3 Å². The second-order valence-electron chi connectivity index (χ2n) is 8.13. The van der Waals surface area contributed by atoms with E-state index in [0.717, 1.165) is 10.9 Å². The number of carboxylic acids is 3. The second-order valence-corrected chi connectivity index (χ2v) is 8.47. The van der Waals surface area contributed by atoms with Crippen LogP contribution in [-0.2, 0) is 25.5 Å². The van der Waals surface area contributed by atoms with E-state index in [-0.39, 0.29) is 33.4 Å². The number of halogens is 2. The molecule has 4 rings (SSSR count). The molecule has 0 amide bonds. The molecule has 1 aromatic carbocycles. The first-order valence-electron chi connectivity index (χ1n) is 10.5. The Morgan fingerprint density at radius 3 is 2.41 bits per heavy atom. The molecule has 0 unspecified atom stereocenters. The Morgan fingerprint density at radius 1 is 1.16 bits per heavy atom. The van der Waals surface area contributed by atoms with E-state index in [0.29, 0.717) is 0 Å². The van der Waals surface area contributed by atoms with Gasteiger partial charge in [-0.1, -0.05) is 12.1 Å². The summed E-state index contributed by atoms with van der Waals surface area (Å²) in [6.45, 7) is -0.825. The normalized spacial score (nSPS) is 21.8. The van der Waals surface area contributed by atoms with Crippen molar-refractivity contribution in [2.45, 2.75) is 36.6 Å². The van der Waals surface area contributed by atoms with Crippen LogP contribution in [0.4, 0.5) is 10.2 Å². The van der Waals surface area contributed by atoms with Gasteiger partial charge in [0.25, 0.3) is 5.60 Å². The molecular formula is C21H19ClFN5O9. The van der Waals surface area contributed by atoms with Crippen LogP contribution >= 0.6 is 11.6 Å². The number of ether oxygens (including phenoxy) is 2. The molecule has 0 aliphatic carbocycles. The van der Waals surface area contributed by atoms with Crippen molar-refractivity contribution in [1.29, 1.82) is 0 Å². The molecule has 6 N–H and O–H groups in total. The van der Waals surface area contributed by atoms with Crippen molar-refractivity contribution in [1.82, 2.24) is 19.5 Å². The third-order valence-corrected chi connectivity index (χ3v) is 6.00. The Hall–Kier alpha value is -3.92. The minimum absolute atomic E-state index is 0.00847. The molecule has 3 aromatic rings. The predicted octanol–water partition coefficient (Wildman–Crippen LogP) is 0.524. The van der Waals surface area contributed by atoms with Gasteiger partial charge in [0.2, 0.25) is 5.28 Å². The minimum Gasteiger partial charge on any atom is -0.479 e. The van der Waals surface area contributed by atoms with Crippen molar-refractivity contribution in [3.63, 3.8) is 0 Å². The van der Waals surface area contributed by atoms with Gasteiger partial charge in [-0.2, -0.15) is 9.97 Å². The summed E-state index contributed by atoms with van der Waals surface area (Å²) in [6.07, 6.45) is -6.48. The highest BCUT2D eigenvalue weighted by atomic mass is 35.5. The standard InChI is InChI=1S/C21H19ClFN5O9/c22-20-26-14(24)12-15(27-20)28(7-25-12)16-11(23)13(29)10(37-16)6-36-21(18(32)33,19(34)35)5-8-1-3-9(4-2-8)17(30)31/h1-4,7,10-11,13,16,29H,5-6H2,(H,30,31)(H,32,33)(H,34,35)(H2,24,26,27)/t10-,11+,13-,16-/m1/s1. The number of aromatic carboxylic acids is 1. The van der Waals surface area contributed by atoms with Crippen molar-refractivity contribution in [2.24, 2.45) is 0 Å². The highest BCUT2D eigenvalue weighted by Gasteiger charge is 2.52. The fourth-order valence-electron chi connectivity index (χ4n) is 3.86. The lowest BCUT2D eigenvalue weighted by atomic mass is 9.93. The first-order chi connectivity index (χ1) is 17.4. The van der Waals surface area contributed by atoms with E-state index in [1.165, 1.54) is 24.3 Å². The zero-order chi connectivity index (χ0) is 27.1. The Morgan fingerprint density at radius 2 is 1.81 bits per heavy atom. The Balaban J connectivity index is 1.56. The fraction of sp³-hybridized carbons (Fsp3) is 0.333. The topological polar surface area (TPSA) is 220 Å². The van der Waals surface area contributed by atoms with Gasteiger partial charge in [-0.15, -0.1) is 0 Å². The quantitative estimate of drug-likeness (QED) is 0.185. The van der Waals surface area contributed by atoms with E-state index in [2.05, 4.69) is 15.0 Å². The number of aliphatic carboxylic acids is 2. The zero-order valence-corrected chi connectivity index (χ0v) is 19.3. The average Bonchev–Trinajstić information content (AvgIpc) is 3.37. The molecular weight excluding hydrogens is 521 g/mol. The summed E-state index contributed by atoms with van der Waals surface area (Å²) in [7, 11) is 0. The molecule has 4 atom stereocenters. The molecule has 196 valence electrons. The van der Waals surface area contributed by atoms with Crippen LogP contribution in [0.1, 0.15) is 22.1 Å². The van der Waals surface area contributed by atoms with Crippen LogP contribution in [0.15, 0.2) is 30.6 Å². The van der Waals surface area contributed by atoms with Gasteiger partial charge in [0, 0.05) is 6.42 Å². The minimum atomic E-state index is -2.85. The van der Waals surface area contributed by atoms with E-state index in [9.17, 15) is 29.7 Å². The number of nitrogens with zero attached hydrogens (tertiary/aromatic N) is 4. The summed E-state index contributed by atoms with van der Waals surface area (Å²) >= 11 is 5.82. The lowest BCUT2D eigenvalue weighted by molar-refractivity contribution is -0.190. The largest absolute Gasteiger partial charge is 0.479 e.